The van der Waals surface area contributed by atoms with Gasteiger partial charge in [-0.1, -0.05) is 20.8 Å². The highest BCUT2D eigenvalue weighted by atomic mass is 28.4. The summed E-state index contributed by atoms with van der Waals surface area (Å²) in [5, 5.41) is 0.254. The molecule has 0 N–H and O–H groups in total. The third-order valence-corrected chi connectivity index (χ3v) is 14.6. The Kier molecular flexibility index (Phi) is 10.2. The first-order valence-corrected chi connectivity index (χ1v) is 12.3. The molecule has 0 rings (SSSR count). The Balaban J connectivity index is 5.48. The third-order valence-electron chi connectivity index (χ3n) is 3.98. The zero-order valence-electron chi connectivity index (χ0n) is 14.5. The molecule has 122 valence electrons. The van der Waals surface area contributed by atoms with Gasteiger partial charge in [0.15, 0.2) is 8.32 Å². The maximum Gasteiger partial charge on any atom is 0.503 e. The SMILES string of the molecule is CCO[Si](CC)(CC)C(C)[Si](OCC)(OCC)OCC. The molecule has 0 bridgehead atoms. The van der Waals surface area contributed by atoms with Crippen LogP contribution in [0.5, 0.6) is 0 Å². The van der Waals surface area contributed by atoms with Crippen LogP contribution in [0.4, 0.5) is 0 Å². The van der Waals surface area contributed by atoms with E-state index in [0.29, 0.717) is 19.8 Å². The first-order valence-electron chi connectivity index (χ1n) is 8.08. The van der Waals surface area contributed by atoms with Crippen molar-refractivity contribution in [2.24, 2.45) is 0 Å². The van der Waals surface area contributed by atoms with Crippen molar-refractivity contribution >= 4 is 17.1 Å². The van der Waals surface area contributed by atoms with Gasteiger partial charge in [-0.05, 0) is 39.8 Å². The molecule has 1 atom stereocenters. The number of hydrogen-bond donors (Lipinski definition) is 0. The van der Waals surface area contributed by atoms with E-state index in [1.165, 1.54) is 0 Å². The van der Waals surface area contributed by atoms with Crippen LogP contribution in [0.25, 0.3) is 0 Å². The van der Waals surface area contributed by atoms with E-state index >= 15 is 0 Å². The van der Waals surface area contributed by atoms with Crippen molar-refractivity contribution in [2.45, 2.75) is 65.7 Å². The predicted octanol–water partition coefficient (Wildman–Crippen LogP) is 3.99. The minimum atomic E-state index is -2.68. The molecule has 4 nitrogen and oxygen atoms in total. The van der Waals surface area contributed by atoms with Crippen LogP contribution in [0, 0.1) is 0 Å². The molecule has 0 radical (unpaired) electrons. The van der Waals surface area contributed by atoms with Crippen LogP contribution in [-0.2, 0) is 17.7 Å². The number of rotatable bonds is 12. The van der Waals surface area contributed by atoms with Crippen molar-refractivity contribution in [3.63, 3.8) is 0 Å². The van der Waals surface area contributed by atoms with Crippen LogP contribution >= 0.6 is 0 Å². The Morgan fingerprint density at radius 1 is 0.650 bits per heavy atom. The Morgan fingerprint density at radius 3 is 1.25 bits per heavy atom. The molecule has 0 aliphatic carbocycles. The fraction of sp³-hybridized carbons (Fsp3) is 1.00. The molecule has 6 heteroatoms. The van der Waals surface area contributed by atoms with E-state index < -0.39 is 17.1 Å². The molecule has 1 unspecified atom stereocenters. The molecular formula is C14H34O4Si2. The molecule has 0 saturated carbocycles. The van der Waals surface area contributed by atoms with Gasteiger partial charge in [0.05, 0.1) is 0 Å². The Labute approximate surface area is 127 Å². The third kappa shape index (κ3) is 4.64. The lowest BCUT2D eigenvalue weighted by atomic mass is 10.9. The quantitative estimate of drug-likeness (QED) is 0.509. The molecule has 0 aliphatic heterocycles. The highest BCUT2D eigenvalue weighted by Gasteiger charge is 2.57. The fourth-order valence-corrected chi connectivity index (χ4v) is 12.9. The lowest BCUT2D eigenvalue weighted by Crippen LogP contribution is -2.60. The van der Waals surface area contributed by atoms with Crippen LogP contribution in [0.1, 0.15) is 48.5 Å². The van der Waals surface area contributed by atoms with E-state index in [0.717, 1.165) is 18.7 Å². The monoisotopic (exact) mass is 322 g/mol. The summed E-state index contributed by atoms with van der Waals surface area (Å²) in [6, 6.07) is 2.14. The molecule has 0 amide bonds. The van der Waals surface area contributed by atoms with Gasteiger partial charge in [0.1, 0.15) is 0 Å². The van der Waals surface area contributed by atoms with E-state index in [-0.39, 0.29) is 5.16 Å². The fourth-order valence-electron chi connectivity index (χ4n) is 2.90. The highest BCUT2D eigenvalue weighted by molar-refractivity contribution is 6.89. The second kappa shape index (κ2) is 10.1. The summed E-state index contributed by atoms with van der Waals surface area (Å²) >= 11 is 0. The van der Waals surface area contributed by atoms with Crippen molar-refractivity contribution in [3.8, 4) is 0 Å². The zero-order valence-corrected chi connectivity index (χ0v) is 16.5. The Hall–Kier alpha value is 0.274. The van der Waals surface area contributed by atoms with E-state index in [1.54, 1.807) is 0 Å². The van der Waals surface area contributed by atoms with Crippen molar-refractivity contribution in [1.29, 1.82) is 0 Å². The second-order valence-corrected chi connectivity index (χ2v) is 13.0. The molecule has 0 saturated heterocycles. The summed E-state index contributed by atoms with van der Waals surface area (Å²) in [7, 11) is -4.58. The van der Waals surface area contributed by atoms with Gasteiger partial charge in [0.2, 0.25) is 0 Å². The van der Waals surface area contributed by atoms with Gasteiger partial charge >= 0.3 is 8.80 Å². The standard InChI is InChI=1S/C14H34O4Si2/c1-8-15-19(12-5,13-6)14(7)20(16-9-2,17-10-3)18-11-4/h14H,8-13H2,1-7H3. The average Bonchev–Trinajstić information content (AvgIpc) is 2.45. The van der Waals surface area contributed by atoms with E-state index in [9.17, 15) is 0 Å². The van der Waals surface area contributed by atoms with E-state index in [2.05, 4.69) is 27.7 Å². The summed E-state index contributed by atoms with van der Waals surface area (Å²) in [4.78, 5) is 0. The smallest absolute Gasteiger partial charge is 0.417 e. The molecule has 0 aromatic heterocycles. The highest BCUT2D eigenvalue weighted by Crippen LogP contribution is 2.39. The average molecular weight is 323 g/mol. The van der Waals surface area contributed by atoms with Crippen LogP contribution in [0.2, 0.25) is 17.3 Å². The van der Waals surface area contributed by atoms with Gasteiger partial charge < -0.3 is 17.7 Å². The summed E-state index contributed by atoms with van der Waals surface area (Å²) in [6.07, 6.45) is 0. The molecule has 0 aromatic carbocycles. The van der Waals surface area contributed by atoms with E-state index in [1.807, 2.05) is 20.8 Å². The van der Waals surface area contributed by atoms with Gasteiger partial charge in [-0.25, -0.2) is 0 Å². The van der Waals surface area contributed by atoms with Crippen molar-refractivity contribution in [1.82, 2.24) is 0 Å². The van der Waals surface area contributed by atoms with Crippen molar-refractivity contribution in [2.75, 3.05) is 26.4 Å². The van der Waals surface area contributed by atoms with Crippen LogP contribution in [0.15, 0.2) is 0 Å². The first kappa shape index (κ1) is 20.3. The van der Waals surface area contributed by atoms with Crippen LogP contribution in [-0.4, -0.2) is 43.5 Å². The first-order chi connectivity index (χ1) is 9.52. The van der Waals surface area contributed by atoms with Gasteiger partial charge in [-0.2, -0.15) is 0 Å². The Morgan fingerprint density at radius 2 is 1.00 bits per heavy atom. The largest absolute Gasteiger partial charge is 0.503 e. The molecule has 0 heterocycles. The predicted molar refractivity (Wildman–Crippen MR) is 88.4 cm³/mol. The van der Waals surface area contributed by atoms with Gasteiger partial charge in [0, 0.05) is 31.6 Å². The molecule has 20 heavy (non-hydrogen) atoms. The molecule has 0 aromatic rings. The minimum Gasteiger partial charge on any atom is -0.417 e. The van der Waals surface area contributed by atoms with Crippen molar-refractivity contribution in [3.05, 3.63) is 0 Å². The molecule has 0 fully saturated rings. The maximum atomic E-state index is 6.27. The van der Waals surface area contributed by atoms with Gasteiger partial charge in [0.25, 0.3) is 0 Å². The summed E-state index contributed by atoms with van der Waals surface area (Å²) in [6.45, 7) is 17.4. The molecular weight excluding hydrogens is 288 g/mol. The lowest BCUT2D eigenvalue weighted by Gasteiger charge is -2.42. The number of hydrogen-bond acceptors (Lipinski definition) is 4. The normalized spacial score (nSPS) is 14.6. The summed E-state index contributed by atoms with van der Waals surface area (Å²) in [5.74, 6) is 0. The lowest BCUT2D eigenvalue weighted by molar-refractivity contribution is 0.0663. The molecule has 0 spiro atoms. The summed E-state index contributed by atoms with van der Waals surface area (Å²) < 4.78 is 24.5. The van der Waals surface area contributed by atoms with Gasteiger partial charge in [-0.15, -0.1) is 0 Å². The van der Waals surface area contributed by atoms with E-state index in [4.69, 9.17) is 17.7 Å². The minimum absolute atomic E-state index is 0.254. The maximum absolute atomic E-state index is 6.27. The topological polar surface area (TPSA) is 36.9 Å². The van der Waals surface area contributed by atoms with Gasteiger partial charge in [-0.3, -0.25) is 0 Å². The zero-order chi connectivity index (χ0) is 15.6. The summed E-state index contributed by atoms with van der Waals surface area (Å²) in [5.41, 5.74) is 0. The second-order valence-electron chi connectivity index (χ2n) is 4.83. The van der Waals surface area contributed by atoms with Crippen LogP contribution < -0.4 is 0 Å². The van der Waals surface area contributed by atoms with Crippen LogP contribution in [0.3, 0.4) is 0 Å². The van der Waals surface area contributed by atoms with Crippen molar-refractivity contribution < 1.29 is 17.7 Å². The molecule has 0 aliphatic rings. The Bertz CT molecular complexity index is 230.